The molecule has 6 heteroatoms. The van der Waals surface area contributed by atoms with Crippen LogP contribution in [0.25, 0.3) is 0 Å². The Bertz CT molecular complexity index is 412. The number of hydrogen-bond donors (Lipinski definition) is 2. The lowest BCUT2D eigenvalue weighted by molar-refractivity contribution is 0.195. The van der Waals surface area contributed by atoms with Crippen LogP contribution in [0.5, 0.6) is 0 Å². The molecule has 0 atom stereocenters. The van der Waals surface area contributed by atoms with Crippen molar-refractivity contribution in [3.8, 4) is 0 Å². The summed E-state index contributed by atoms with van der Waals surface area (Å²) in [5.74, 6) is 0. The summed E-state index contributed by atoms with van der Waals surface area (Å²) >= 11 is 11.0. The second-order valence-corrected chi connectivity index (χ2v) is 4.31. The molecule has 0 unspecified atom stereocenters. The first-order valence-corrected chi connectivity index (χ1v) is 6.33. The molecule has 1 aromatic rings. The summed E-state index contributed by atoms with van der Waals surface area (Å²) in [6.45, 7) is 1.46. The number of rotatable bonds is 6. The van der Waals surface area contributed by atoms with Crippen molar-refractivity contribution in [1.82, 2.24) is 10.7 Å². The largest absolute Gasteiger partial charge is 0.385 e. The second kappa shape index (κ2) is 8.85. The van der Waals surface area contributed by atoms with Crippen LogP contribution in [0.4, 0.5) is 0 Å². The molecule has 0 amide bonds. The minimum Gasteiger partial charge on any atom is -0.385 e. The molecule has 0 saturated carbocycles. The Morgan fingerprint density at radius 1 is 1.50 bits per heavy atom. The Morgan fingerprint density at radius 3 is 3.00 bits per heavy atom. The van der Waals surface area contributed by atoms with Crippen molar-refractivity contribution in [3.63, 3.8) is 0 Å². The molecule has 0 saturated heterocycles. The average Bonchev–Trinajstić information content (AvgIpc) is 2.37. The van der Waals surface area contributed by atoms with Crippen LogP contribution >= 0.6 is 23.8 Å². The Hall–Kier alpha value is -1.17. The van der Waals surface area contributed by atoms with E-state index in [1.807, 2.05) is 24.3 Å². The molecule has 0 fully saturated rings. The number of nitrogens with zero attached hydrogens (tertiary/aromatic N) is 1. The van der Waals surface area contributed by atoms with E-state index in [9.17, 15) is 0 Å². The highest BCUT2D eigenvalue weighted by molar-refractivity contribution is 7.80. The van der Waals surface area contributed by atoms with Gasteiger partial charge in [-0.2, -0.15) is 5.10 Å². The maximum absolute atomic E-state index is 5.98. The molecule has 0 radical (unpaired) electrons. The third-order valence-corrected chi connectivity index (χ3v) is 2.67. The summed E-state index contributed by atoms with van der Waals surface area (Å²) in [4.78, 5) is 0. The van der Waals surface area contributed by atoms with Gasteiger partial charge in [-0.05, 0) is 24.7 Å². The van der Waals surface area contributed by atoms with E-state index < -0.39 is 0 Å². The van der Waals surface area contributed by atoms with Crippen LogP contribution in [0.3, 0.4) is 0 Å². The molecule has 0 aliphatic carbocycles. The van der Waals surface area contributed by atoms with E-state index in [1.165, 1.54) is 0 Å². The SMILES string of the molecule is COCCCNC(=S)N/N=C/c1ccccc1Cl. The minimum absolute atomic E-state index is 0.481. The van der Waals surface area contributed by atoms with Crippen molar-refractivity contribution in [3.05, 3.63) is 34.9 Å². The molecule has 0 heterocycles. The molecule has 18 heavy (non-hydrogen) atoms. The van der Waals surface area contributed by atoms with Gasteiger partial charge in [0.05, 0.1) is 6.21 Å². The van der Waals surface area contributed by atoms with Crippen LogP contribution < -0.4 is 10.7 Å². The van der Waals surface area contributed by atoms with E-state index in [0.717, 1.165) is 18.5 Å². The lowest BCUT2D eigenvalue weighted by atomic mass is 10.2. The van der Waals surface area contributed by atoms with E-state index >= 15 is 0 Å². The molecule has 1 aromatic carbocycles. The number of thiocarbonyl (C=S) groups is 1. The van der Waals surface area contributed by atoms with Gasteiger partial charge in [0.15, 0.2) is 5.11 Å². The number of nitrogens with one attached hydrogen (secondary N) is 2. The van der Waals surface area contributed by atoms with Crippen molar-refractivity contribution >= 4 is 35.1 Å². The lowest BCUT2D eigenvalue weighted by Gasteiger charge is -2.06. The van der Waals surface area contributed by atoms with Gasteiger partial charge in [-0.1, -0.05) is 29.8 Å². The normalized spacial score (nSPS) is 10.6. The lowest BCUT2D eigenvalue weighted by Crippen LogP contribution is -2.33. The van der Waals surface area contributed by atoms with E-state index in [2.05, 4.69) is 15.8 Å². The molecule has 4 nitrogen and oxygen atoms in total. The first-order valence-electron chi connectivity index (χ1n) is 5.54. The van der Waals surface area contributed by atoms with Gasteiger partial charge in [0, 0.05) is 30.8 Å². The van der Waals surface area contributed by atoms with Crippen LogP contribution in [-0.2, 0) is 4.74 Å². The van der Waals surface area contributed by atoms with E-state index in [-0.39, 0.29) is 0 Å². The highest BCUT2D eigenvalue weighted by Gasteiger charge is 1.95. The second-order valence-electron chi connectivity index (χ2n) is 3.49. The topological polar surface area (TPSA) is 45.6 Å². The van der Waals surface area contributed by atoms with Gasteiger partial charge in [0.2, 0.25) is 0 Å². The number of halogens is 1. The summed E-state index contributed by atoms with van der Waals surface area (Å²) in [6, 6.07) is 7.45. The van der Waals surface area contributed by atoms with Crippen LogP contribution in [0.1, 0.15) is 12.0 Å². The first kappa shape index (κ1) is 14.9. The van der Waals surface area contributed by atoms with Crippen molar-refractivity contribution in [2.24, 2.45) is 5.10 Å². The highest BCUT2D eigenvalue weighted by atomic mass is 35.5. The molecular weight excluding hydrogens is 270 g/mol. The monoisotopic (exact) mass is 285 g/mol. The van der Waals surface area contributed by atoms with E-state index in [0.29, 0.717) is 16.7 Å². The van der Waals surface area contributed by atoms with Gasteiger partial charge >= 0.3 is 0 Å². The zero-order valence-corrected chi connectivity index (χ0v) is 11.7. The maximum atomic E-state index is 5.98. The zero-order chi connectivity index (χ0) is 13.2. The predicted octanol–water partition coefficient (Wildman–Crippen LogP) is 2.17. The standard InChI is InChI=1S/C12H16ClN3OS/c1-17-8-4-7-14-12(18)16-15-9-10-5-2-3-6-11(10)13/h2-3,5-6,9H,4,7-8H2,1H3,(H2,14,16,18)/b15-9+. The fraction of sp³-hybridized carbons (Fsp3) is 0.333. The van der Waals surface area contributed by atoms with Crippen LogP contribution in [0, 0.1) is 0 Å². The third-order valence-electron chi connectivity index (χ3n) is 2.09. The van der Waals surface area contributed by atoms with Crippen molar-refractivity contribution in [2.45, 2.75) is 6.42 Å². The Morgan fingerprint density at radius 2 is 2.28 bits per heavy atom. The molecule has 2 N–H and O–H groups in total. The summed E-state index contributed by atoms with van der Waals surface area (Å²) < 4.78 is 4.93. The summed E-state index contributed by atoms with van der Waals surface area (Å²) in [5, 5.41) is 8.15. The molecular formula is C12H16ClN3OS. The molecule has 0 aliphatic rings. The van der Waals surface area contributed by atoms with Gasteiger partial charge in [-0.25, -0.2) is 0 Å². The number of hydrogen-bond acceptors (Lipinski definition) is 3. The van der Waals surface area contributed by atoms with E-state index in [1.54, 1.807) is 13.3 Å². The third kappa shape index (κ3) is 5.95. The smallest absolute Gasteiger partial charge is 0.186 e. The fourth-order valence-corrected chi connectivity index (χ4v) is 1.54. The Balaban J connectivity index is 2.28. The Labute approximate surface area is 117 Å². The van der Waals surface area contributed by atoms with Gasteiger partial charge in [-0.3, -0.25) is 5.43 Å². The number of benzene rings is 1. The predicted molar refractivity (Wildman–Crippen MR) is 79.3 cm³/mol. The number of hydrazone groups is 1. The number of ether oxygens (including phenoxy) is 1. The molecule has 98 valence electrons. The maximum Gasteiger partial charge on any atom is 0.186 e. The molecule has 1 rings (SSSR count). The highest BCUT2D eigenvalue weighted by Crippen LogP contribution is 2.11. The zero-order valence-electron chi connectivity index (χ0n) is 10.1. The van der Waals surface area contributed by atoms with Crippen molar-refractivity contribution in [1.29, 1.82) is 0 Å². The van der Waals surface area contributed by atoms with Crippen molar-refractivity contribution in [2.75, 3.05) is 20.3 Å². The minimum atomic E-state index is 0.481. The first-order chi connectivity index (χ1) is 8.74. The molecule has 0 aliphatic heterocycles. The summed E-state index contributed by atoms with van der Waals surface area (Å²) in [7, 11) is 1.67. The molecule has 0 aromatic heterocycles. The molecule has 0 spiro atoms. The molecule has 0 bridgehead atoms. The van der Waals surface area contributed by atoms with E-state index in [4.69, 9.17) is 28.6 Å². The van der Waals surface area contributed by atoms with Gasteiger partial charge in [-0.15, -0.1) is 0 Å². The average molecular weight is 286 g/mol. The van der Waals surface area contributed by atoms with Gasteiger partial charge in [0.1, 0.15) is 0 Å². The summed E-state index contributed by atoms with van der Waals surface area (Å²) in [5.41, 5.74) is 3.57. The van der Waals surface area contributed by atoms with Crippen LogP contribution in [-0.4, -0.2) is 31.6 Å². The van der Waals surface area contributed by atoms with Gasteiger partial charge < -0.3 is 10.1 Å². The Kier molecular flexibility index (Phi) is 7.32. The van der Waals surface area contributed by atoms with Crippen molar-refractivity contribution < 1.29 is 4.74 Å². The van der Waals surface area contributed by atoms with Crippen LogP contribution in [0.15, 0.2) is 29.4 Å². The van der Waals surface area contributed by atoms with Crippen LogP contribution in [0.2, 0.25) is 5.02 Å². The summed E-state index contributed by atoms with van der Waals surface area (Å²) in [6.07, 6.45) is 2.53. The number of methoxy groups -OCH3 is 1. The fourth-order valence-electron chi connectivity index (χ4n) is 1.20. The van der Waals surface area contributed by atoms with Gasteiger partial charge in [0.25, 0.3) is 0 Å². The quantitative estimate of drug-likeness (QED) is 0.364.